The van der Waals surface area contributed by atoms with Crippen molar-refractivity contribution in [3.05, 3.63) is 30.1 Å². The zero-order valence-corrected chi connectivity index (χ0v) is 10.8. The van der Waals surface area contributed by atoms with Crippen LogP contribution >= 0.6 is 0 Å². The van der Waals surface area contributed by atoms with E-state index in [0.29, 0.717) is 0 Å². The quantitative estimate of drug-likeness (QED) is 0.581. The minimum Gasteiger partial charge on any atom is -0.261 e. The van der Waals surface area contributed by atoms with E-state index in [1.165, 1.54) is 44.2 Å². The Kier molecular flexibility index (Phi) is 6.87. The summed E-state index contributed by atoms with van der Waals surface area (Å²) < 4.78 is 0. The molecule has 16 heavy (non-hydrogen) atoms. The molecule has 1 rings (SSSR count). The molecule has 0 N–H and O–H groups in total. The lowest BCUT2D eigenvalue weighted by Gasteiger charge is -2.04. The van der Waals surface area contributed by atoms with Gasteiger partial charge in [-0.25, -0.2) is 0 Å². The van der Waals surface area contributed by atoms with Crippen LogP contribution in [0.4, 0.5) is 0 Å². The summed E-state index contributed by atoms with van der Waals surface area (Å²) in [5.74, 6) is 0.869. The molecule has 1 aromatic rings. The lowest BCUT2D eigenvalue weighted by Crippen LogP contribution is -1.90. The molecule has 90 valence electrons. The second-order valence-electron chi connectivity index (χ2n) is 5.02. The fourth-order valence-electron chi connectivity index (χ4n) is 1.94. The van der Waals surface area contributed by atoms with Gasteiger partial charge in [0.05, 0.1) is 0 Å². The Morgan fingerprint density at radius 1 is 1.00 bits per heavy atom. The van der Waals surface area contributed by atoms with Gasteiger partial charge in [-0.05, 0) is 30.9 Å². The highest BCUT2D eigenvalue weighted by Gasteiger charge is 1.96. The van der Waals surface area contributed by atoms with Crippen molar-refractivity contribution >= 4 is 0 Å². The SMILES string of the molecule is CC(C)CCCCCCCc1ccccn1. The molecule has 0 aliphatic carbocycles. The van der Waals surface area contributed by atoms with Crippen LogP contribution in [0.2, 0.25) is 0 Å². The average Bonchev–Trinajstić information content (AvgIpc) is 2.29. The van der Waals surface area contributed by atoms with Gasteiger partial charge in [-0.15, -0.1) is 0 Å². The van der Waals surface area contributed by atoms with Crippen LogP contribution in [0, 0.1) is 5.92 Å². The standard InChI is InChI=1S/C15H25N/c1-14(2)10-6-4-3-5-7-11-15-12-8-9-13-16-15/h8-9,12-14H,3-7,10-11H2,1-2H3. The predicted octanol–water partition coefficient (Wildman–Crippen LogP) is 4.62. The Morgan fingerprint density at radius 3 is 2.44 bits per heavy atom. The van der Waals surface area contributed by atoms with Gasteiger partial charge in [0.15, 0.2) is 0 Å². The van der Waals surface area contributed by atoms with Crippen LogP contribution < -0.4 is 0 Å². The van der Waals surface area contributed by atoms with Gasteiger partial charge in [-0.1, -0.05) is 52.0 Å². The number of nitrogens with zero attached hydrogens (tertiary/aromatic N) is 1. The Labute approximate surface area is 100 Å². The van der Waals surface area contributed by atoms with E-state index in [2.05, 4.69) is 31.0 Å². The summed E-state index contributed by atoms with van der Waals surface area (Å²) in [4.78, 5) is 4.34. The van der Waals surface area contributed by atoms with Gasteiger partial charge < -0.3 is 0 Å². The molecular formula is C15H25N. The number of rotatable bonds is 8. The van der Waals surface area contributed by atoms with Crippen LogP contribution in [0.5, 0.6) is 0 Å². The highest BCUT2D eigenvalue weighted by Crippen LogP contribution is 2.11. The molecular weight excluding hydrogens is 194 g/mol. The van der Waals surface area contributed by atoms with Crippen LogP contribution in [0.15, 0.2) is 24.4 Å². The topological polar surface area (TPSA) is 12.9 Å². The molecule has 0 radical (unpaired) electrons. The second-order valence-corrected chi connectivity index (χ2v) is 5.02. The average molecular weight is 219 g/mol. The van der Waals surface area contributed by atoms with Crippen molar-refractivity contribution in [1.82, 2.24) is 4.98 Å². The molecule has 0 spiro atoms. The highest BCUT2D eigenvalue weighted by atomic mass is 14.7. The first-order valence-electron chi connectivity index (χ1n) is 6.69. The number of pyridine rings is 1. The lowest BCUT2D eigenvalue weighted by molar-refractivity contribution is 0.514. The van der Waals surface area contributed by atoms with Crippen LogP contribution in [0.25, 0.3) is 0 Å². The summed E-state index contributed by atoms with van der Waals surface area (Å²) in [6.45, 7) is 4.61. The Morgan fingerprint density at radius 2 is 1.75 bits per heavy atom. The summed E-state index contributed by atoms with van der Waals surface area (Å²) in [5, 5.41) is 0. The Bertz CT molecular complexity index is 253. The van der Waals surface area contributed by atoms with Gasteiger partial charge >= 0.3 is 0 Å². The van der Waals surface area contributed by atoms with Gasteiger partial charge in [0.1, 0.15) is 0 Å². The lowest BCUT2D eigenvalue weighted by atomic mass is 10.0. The maximum Gasteiger partial charge on any atom is 0.0403 e. The van der Waals surface area contributed by atoms with Gasteiger partial charge in [0.2, 0.25) is 0 Å². The van der Waals surface area contributed by atoms with Crippen molar-refractivity contribution in [2.75, 3.05) is 0 Å². The van der Waals surface area contributed by atoms with E-state index in [9.17, 15) is 0 Å². The van der Waals surface area contributed by atoms with Crippen molar-refractivity contribution in [3.63, 3.8) is 0 Å². The number of unbranched alkanes of at least 4 members (excludes halogenated alkanes) is 4. The Balaban J connectivity index is 1.93. The van der Waals surface area contributed by atoms with Crippen molar-refractivity contribution < 1.29 is 0 Å². The third kappa shape index (κ3) is 6.60. The van der Waals surface area contributed by atoms with Crippen molar-refractivity contribution in [2.24, 2.45) is 5.92 Å². The molecule has 1 heterocycles. The first-order valence-corrected chi connectivity index (χ1v) is 6.69. The van der Waals surface area contributed by atoms with Crippen LogP contribution in [0.1, 0.15) is 58.1 Å². The van der Waals surface area contributed by atoms with Crippen molar-refractivity contribution in [2.45, 2.75) is 58.8 Å². The van der Waals surface area contributed by atoms with E-state index in [1.807, 2.05) is 12.3 Å². The fraction of sp³-hybridized carbons (Fsp3) is 0.667. The van der Waals surface area contributed by atoms with Crippen molar-refractivity contribution in [3.8, 4) is 0 Å². The van der Waals surface area contributed by atoms with Gasteiger partial charge in [0, 0.05) is 11.9 Å². The second kappa shape index (κ2) is 8.32. The first-order chi connectivity index (χ1) is 7.79. The first kappa shape index (κ1) is 13.2. The fourth-order valence-corrected chi connectivity index (χ4v) is 1.94. The van der Waals surface area contributed by atoms with E-state index in [0.717, 1.165) is 12.3 Å². The molecule has 0 saturated carbocycles. The van der Waals surface area contributed by atoms with E-state index in [-0.39, 0.29) is 0 Å². The number of hydrogen-bond donors (Lipinski definition) is 0. The largest absolute Gasteiger partial charge is 0.261 e. The summed E-state index contributed by atoms with van der Waals surface area (Å²) in [6.07, 6.45) is 11.3. The number of aryl methyl sites for hydroxylation is 1. The van der Waals surface area contributed by atoms with E-state index in [1.54, 1.807) is 0 Å². The maximum atomic E-state index is 4.34. The zero-order chi connectivity index (χ0) is 11.6. The third-order valence-corrected chi connectivity index (χ3v) is 2.94. The molecule has 1 heteroatoms. The van der Waals surface area contributed by atoms with Crippen LogP contribution in [0.3, 0.4) is 0 Å². The smallest absolute Gasteiger partial charge is 0.0403 e. The zero-order valence-electron chi connectivity index (χ0n) is 10.8. The molecule has 0 unspecified atom stereocenters. The summed E-state index contributed by atoms with van der Waals surface area (Å²) in [7, 11) is 0. The molecule has 0 amide bonds. The van der Waals surface area contributed by atoms with Gasteiger partial charge in [-0.3, -0.25) is 4.98 Å². The van der Waals surface area contributed by atoms with Crippen LogP contribution in [-0.4, -0.2) is 4.98 Å². The normalized spacial score (nSPS) is 10.9. The number of aromatic nitrogens is 1. The summed E-state index contributed by atoms with van der Waals surface area (Å²) >= 11 is 0. The van der Waals surface area contributed by atoms with Gasteiger partial charge in [0.25, 0.3) is 0 Å². The monoisotopic (exact) mass is 219 g/mol. The summed E-state index contributed by atoms with van der Waals surface area (Å²) in [5.41, 5.74) is 1.24. The van der Waals surface area contributed by atoms with Crippen LogP contribution in [-0.2, 0) is 6.42 Å². The molecule has 0 saturated heterocycles. The van der Waals surface area contributed by atoms with E-state index in [4.69, 9.17) is 0 Å². The maximum absolute atomic E-state index is 4.34. The molecule has 0 aliphatic rings. The summed E-state index contributed by atoms with van der Waals surface area (Å²) in [6, 6.07) is 6.18. The molecule has 0 atom stereocenters. The minimum atomic E-state index is 0.869. The van der Waals surface area contributed by atoms with E-state index < -0.39 is 0 Å². The number of hydrogen-bond acceptors (Lipinski definition) is 1. The minimum absolute atomic E-state index is 0.869. The molecule has 0 bridgehead atoms. The third-order valence-electron chi connectivity index (χ3n) is 2.94. The van der Waals surface area contributed by atoms with Crippen molar-refractivity contribution in [1.29, 1.82) is 0 Å². The molecule has 1 aromatic heterocycles. The highest BCUT2D eigenvalue weighted by molar-refractivity contribution is 5.03. The van der Waals surface area contributed by atoms with Gasteiger partial charge in [-0.2, -0.15) is 0 Å². The predicted molar refractivity (Wildman–Crippen MR) is 70.5 cm³/mol. The molecule has 0 fully saturated rings. The molecule has 0 aromatic carbocycles. The van der Waals surface area contributed by atoms with E-state index >= 15 is 0 Å². The molecule has 1 nitrogen and oxygen atoms in total. The Hall–Kier alpha value is -0.850. The molecule has 0 aliphatic heterocycles.